The van der Waals surface area contributed by atoms with E-state index in [0.717, 1.165) is 0 Å². The minimum absolute atomic E-state index is 0.120. The van der Waals surface area contributed by atoms with Crippen LogP contribution in [0.2, 0.25) is 0 Å². The van der Waals surface area contributed by atoms with Crippen LogP contribution in [0.15, 0.2) is 0 Å². The molecule has 0 aromatic carbocycles. The quantitative estimate of drug-likeness (QED) is 0.482. The molecule has 0 aromatic rings. The molecular weight excluding hydrogens is 200 g/mol. The van der Waals surface area contributed by atoms with Crippen molar-refractivity contribution in [3.63, 3.8) is 0 Å². The first-order valence-corrected chi connectivity index (χ1v) is 4.85. The van der Waals surface area contributed by atoms with Crippen molar-refractivity contribution in [3.8, 4) is 0 Å². The number of barbiturate groups is 1. The highest BCUT2D eigenvalue weighted by molar-refractivity contribution is 6.16. The average Bonchev–Trinajstić information content (AvgIpc) is 2.85. The fraction of sp³-hybridized carbons (Fsp3) is 0.667. The maximum Gasteiger partial charge on any atom is 0.328 e. The predicted molar refractivity (Wildman–Crippen MR) is 48.7 cm³/mol. The largest absolute Gasteiger partial charge is 0.373 e. The van der Waals surface area contributed by atoms with Gasteiger partial charge in [-0.15, -0.1) is 0 Å². The SMILES string of the molecule is CC(CC1CO1)C1C(=O)NC(=O)NC1=O. The molecule has 2 rings (SSSR count). The van der Waals surface area contributed by atoms with Gasteiger partial charge in [-0.25, -0.2) is 4.79 Å². The van der Waals surface area contributed by atoms with Crippen molar-refractivity contribution in [3.05, 3.63) is 0 Å². The highest BCUT2D eigenvalue weighted by Gasteiger charge is 2.40. The second kappa shape index (κ2) is 3.62. The Morgan fingerprint density at radius 2 is 1.87 bits per heavy atom. The number of ether oxygens (including phenoxy) is 1. The van der Waals surface area contributed by atoms with Crippen LogP contribution in [0.1, 0.15) is 13.3 Å². The van der Waals surface area contributed by atoms with E-state index in [1.54, 1.807) is 6.92 Å². The first-order valence-electron chi connectivity index (χ1n) is 4.85. The molecule has 2 heterocycles. The summed E-state index contributed by atoms with van der Waals surface area (Å²) in [6.07, 6.45) is 0.831. The number of carbonyl (C=O) groups is 3. The molecule has 2 aliphatic heterocycles. The Balaban J connectivity index is 2.01. The number of epoxide rings is 1. The average molecular weight is 212 g/mol. The molecule has 2 saturated heterocycles. The first-order chi connectivity index (χ1) is 7.08. The van der Waals surface area contributed by atoms with Crippen LogP contribution >= 0.6 is 0 Å². The van der Waals surface area contributed by atoms with E-state index in [1.807, 2.05) is 0 Å². The number of nitrogens with one attached hydrogen (secondary N) is 2. The fourth-order valence-corrected chi connectivity index (χ4v) is 1.80. The molecule has 2 aliphatic rings. The van der Waals surface area contributed by atoms with Gasteiger partial charge in [0, 0.05) is 0 Å². The lowest BCUT2D eigenvalue weighted by Gasteiger charge is -2.25. The highest BCUT2D eigenvalue weighted by atomic mass is 16.6. The van der Waals surface area contributed by atoms with Crippen molar-refractivity contribution in [2.45, 2.75) is 19.4 Å². The van der Waals surface area contributed by atoms with E-state index in [-0.39, 0.29) is 12.0 Å². The van der Waals surface area contributed by atoms with Gasteiger partial charge in [-0.3, -0.25) is 20.2 Å². The van der Waals surface area contributed by atoms with Crippen LogP contribution in [0.4, 0.5) is 4.79 Å². The molecule has 2 N–H and O–H groups in total. The lowest BCUT2D eigenvalue weighted by atomic mass is 9.87. The summed E-state index contributed by atoms with van der Waals surface area (Å²) in [5, 5.41) is 4.17. The second-order valence-corrected chi connectivity index (χ2v) is 3.95. The monoisotopic (exact) mass is 212 g/mol. The molecule has 15 heavy (non-hydrogen) atoms. The number of hydrogen-bond acceptors (Lipinski definition) is 4. The molecule has 6 heteroatoms. The molecule has 2 unspecified atom stereocenters. The van der Waals surface area contributed by atoms with E-state index in [2.05, 4.69) is 10.6 Å². The maximum atomic E-state index is 11.4. The number of rotatable bonds is 3. The van der Waals surface area contributed by atoms with Gasteiger partial charge in [0.2, 0.25) is 11.8 Å². The summed E-state index contributed by atoms with van der Waals surface area (Å²) in [5.41, 5.74) is 0. The van der Waals surface area contributed by atoms with Crippen LogP contribution in [0.25, 0.3) is 0 Å². The second-order valence-electron chi connectivity index (χ2n) is 3.95. The van der Waals surface area contributed by atoms with Gasteiger partial charge >= 0.3 is 6.03 Å². The summed E-state index contributed by atoms with van der Waals surface area (Å²) in [7, 11) is 0. The minimum Gasteiger partial charge on any atom is -0.373 e. The summed E-state index contributed by atoms with van der Waals surface area (Å²) in [6, 6.07) is -0.740. The number of imide groups is 2. The smallest absolute Gasteiger partial charge is 0.328 e. The van der Waals surface area contributed by atoms with Crippen molar-refractivity contribution >= 4 is 17.8 Å². The van der Waals surface area contributed by atoms with E-state index in [4.69, 9.17) is 4.74 Å². The van der Waals surface area contributed by atoms with Crippen LogP contribution < -0.4 is 10.6 Å². The van der Waals surface area contributed by atoms with Crippen LogP contribution in [0, 0.1) is 11.8 Å². The van der Waals surface area contributed by atoms with Gasteiger partial charge < -0.3 is 4.74 Å². The Morgan fingerprint density at radius 1 is 1.33 bits per heavy atom. The van der Waals surface area contributed by atoms with E-state index >= 15 is 0 Å². The van der Waals surface area contributed by atoms with Crippen LogP contribution in [0.5, 0.6) is 0 Å². The zero-order chi connectivity index (χ0) is 11.0. The Morgan fingerprint density at radius 3 is 2.33 bits per heavy atom. The third-order valence-electron chi connectivity index (χ3n) is 2.64. The van der Waals surface area contributed by atoms with Gasteiger partial charge in [-0.05, 0) is 12.3 Å². The van der Waals surface area contributed by atoms with E-state index < -0.39 is 23.8 Å². The molecule has 0 saturated carbocycles. The number of urea groups is 1. The molecule has 2 fully saturated rings. The van der Waals surface area contributed by atoms with Crippen molar-refractivity contribution in [2.75, 3.05) is 6.61 Å². The summed E-state index contributed by atoms with van der Waals surface area (Å²) < 4.78 is 5.03. The molecule has 0 radical (unpaired) electrons. The Labute approximate surface area is 86.3 Å². The third-order valence-corrected chi connectivity index (χ3v) is 2.64. The zero-order valence-corrected chi connectivity index (χ0v) is 8.28. The Bertz CT molecular complexity index is 304. The first kappa shape index (κ1) is 10.1. The number of hydrogen-bond donors (Lipinski definition) is 2. The van der Waals surface area contributed by atoms with Gasteiger partial charge in [-0.1, -0.05) is 6.92 Å². The molecule has 0 aromatic heterocycles. The minimum atomic E-state index is -0.785. The fourth-order valence-electron chi connectivity index (χ4n) is 1.80. The van der Waals surface area contributed by atoms with Gasteiger partial charge in [0.25, 0.3) is 0 Å². The van der Waals surface area contributed by atoms with Crippen molar-refractivity contribution < 1.29 is 19.1 Å². The standard InChI is InChI=1S/C9H12N2O4/c1-4(2-5-3-15-5)6-7(12)10-9(14)11-8(6)13/h4-6H,2-3H2,1H3,(H2,10,11,12,13,14). The van der Waals surface area contributed by atoms with Crippen LogP contribution in [-0.4, -0.2) is 30.6 Å². The van der Waals surface area contributed by atoms with Gasteiger partial charge in [0.15, 0.2) is 0 Å². The molecule has 0 aliphatic carbocycles. The van der Waals surface area contributed by atoms with Gasteiger partial charge in [0.05, 0.1) is 12.7 Å². The molecule has 0 bridgehead atoms. The number of carbonyl (C=O) groups excluding carboxylic acids is 3. The molecule has 2 atom stereocenters. The normalized spacial score (nSPS) is 28.3. The molecule has 6 nitrogen and oxygen atoms in total. The van der Waals surface area contributed by atoms with Crippen molar-refractivity contribution in [1.82, 2.24) is 10.6 Å². The summed E-state index contributed by atoms with van der Waals surface area (Å²) in [5.74, 6) is -1.94. The van der Waals surface area contributed by atoms with E-state index in [0.29, 0.717) is 13.0 Å². The maximum absolute atomic E-state index is 11.4. The molecular formula is C9H12N2O4. The molecule has 4 amide bonds. The molecule has 0 spiro atoms. The lowest BCUT2D eigenvalue weighted by Crippen LogP contribution is -2.57. The highest BCUT2D eigenvalue weighted by Crippen LogP contribution is 2.25. The van der Waals surface area contributed by atoms with Crippen LogP contribution in [-0.2, 0) is 14.3 Å². The van der Waals surface area contributed by atoms with Crippen molar-refractivity contribution in [1.29, 1.82) is 0 Å². The topological polar surface area (TPSA) is 87.8 Å². The lowest BCUT2D eigenvalue weighted by molar-refractivity contribution is -0.138. The number of amides is 4. The summed E-state index contributed by atoms with van der Waals surface area (Å²) in [6.45, 7) is 2.50. The Hall–Kier alpha value is -1.43. The van der Waals surface area contributed by atoms with Crippen molar-refractivity contribution in [2.24, 2.45) is 11.8 Å². The third kappa shape index (κ3) is 2.15. The Kier molecular flexibility index (Phi) is 2.44. The predicted octanol–water partition coefficient (Wildman–Crippen LogP) is -0.606. The van der Waals surface area contributed by atoms with E-state index in [1.165, 1.54) is 0 Å². The van der Waals surface area contributed by atoms with E-state index in [9.17, 15) is 14.4 Å². The zero-order valence-electron chi connectivity index (χ0n) is 8.28. The van der Waals surface area contributed by atoms with Crippen LogP contribution in [0.3, 0.4) is 0 Å². The summed E-state index contributed by atoms with van der Waals surface area (Å²) in [4.78, 5) is 33.6. The van der Waals surface area contributed by atoms with Gasteiger partial charge in [0.1, 0.15) is 5.92 Å². The van der Waals surface area contributed by atoms with Gasteiger partial charge in [-0.2, -0.15) is 0 Å². The summed E-state index contributed by atoms with van der Waals surface area (Å²) >= 11 is 0. The molecule has 82 valence electrons.